The van der Waals surface area contributed by atoms with Gasteiger partial charge in [0, 0.05) is 18.7 Å². The summed E-state index contributed by atoms with van der Waals surface area (Å²) in [6.45, 7) is 3.39. The van der Waals surface area contributed by atoms with Crippen molar-refractivity contribution in [1.82, 2.24) is 0 Å². The van der Waals surface area contributed by atoms with Gasteiger partial charge in [-0.05, 0) is 25.8 Å². The Bertz CT molecular complexity index is 396. The Morgan fingerprint density at radius 1 is 1.35 bits per heavy atom. The first-order valence-electron chi connectivity index (χ1n) is 5.89. The second-order valence-electron chi connectivity index (χ2n) is 4.89. The van der Waals surface area contributed by atoms with Gasteiger partial charge in [0.25, 0.3) is 0 Å². The largest absolute Gasteiger partial charge is 0.392 e. The molecule has 0 amide bonds. The normalized spacial score (nSPS) is 19.4. The summed E-state index contributed by atoms with van der Waals surface area (Å²) in [4.78, 5) is 2.14. The van der Waals surface area contributed by atoms with E-state index in [0.717, 1.165) is 37.2 Å². The number of piperidine rings is 1. The summed E-state index contributed by atoms with van der Waals surface area (Å²) >= 11 is 6.20. The molecule has 94 valence electrons. The molecule has 0 radical (unpaired) electrons. The smallest absolute Gasteiger partial charge is 0.0702 e. The Morgan fingerprint density at radius 2 is 2.00 bits per heavy atom. The molecule has 0 atom stereocenters. The van der Waals surface area contributed by atoms with Gasteiger partial charge in [0.2, 0.25) is 0 Å². The van der Waals surface area contributed by atoms with Gasteiger partial charge >= 0.3 is 0 Å². The van der Waals surface area contributed by atoms with Crippen molar-refractivity contribution in [1.29, 1.82) is 0 Å². The third kappa shape index (κ3) is 2.73. The molecule has 0 aliphatic carbocycles. The van der Waals surface area contributed by atoms with E-state index in [0.29, 0.717) is 5.02 Å². The molecule has 0 aromatic heterocycles. The van der Waals surface area contributed by atoms with Gasteiger partial charge in [-0.1, -0.05) is 23.7 Å². The van der Waals surface area contributed by atoms with Crippen molar-refractivity contribution in [3.8, 4) is 0 Å². The van der Waals surface area contributed by atoms with E-state index in [9.17, 15) is 10.2 Å². The number of hydrogen-bond acceptors (Lipinski definition) is 3. The highest BCUT2D eigenvalue weighted by Crippen LogP contribution is 2.33. The van der Waals surface area contributed by atoms with Crippen molar-refractivity contribution < 1.29 is 10.2 Å². The second kappa shape index (κ2) is 4.84. The van der Waals surface area contributed by atoms with Crippen LogP contribution in [-0.4, -0.2) is 28.9 Å². The van der Waals surface area contributed by atoms with Crippen LogP contribution in [0.15, 0.2) is 18.2 Å². The maximum absolute atomic E-state index is 9.93. The van der Waals surface area contributed by atoms with Crippen LogP contribution in [0.4, 0.5) is 5.69 Å². The quantitative estimate of drug-likeness (QED) is 0.851. The van der Waals surface area contributed by atoms with Gasteiger partial charge in [0.15, 0.2) is 0 Å². The molecule has 17 heavy (non-hydrogen) atoms. The number of para-hydroxylation sites is 1. The van der Waals surface area contributed by atoms with Crippen molar-refractivity contribution in [2.75, 3.05) is 18.0 Å². The van der Waals surface area contributed by atoms with Gasteiger partial charge in [-0.15, -0.1) is 0 Å². The Labute approximate surface area is 107 Å². The zero-order chi connectivity index (χ0) is 12.5. The maximum atomic E-state index is 9.93. The van der Waals surface area contributed by atoms with E-state index in [1.165, 1.54) is 0 Å². The number of benzene rings is 1. The fraction of sp³-hybridized carbons (Fsp3) is 0.538. The molecule has 0 bridgehead atoms. The van der Waals surface area contributed by atoms with Crippen molar-refractivity contribution >= 4 is 17.3 Å². The molecule has 1 heterocycles. The number of aliphatic hydroxyl groups excluding tert-OH is 1. The number of hydrogen-bond donors (Lipinski definition) is 2. The molecule has 0 saturated carbocycles. The molecule has 4 heteroatoms. The minimum absolute atomic E-state index is 0.0111. The maximum Gasteiger partial charge on any atom is 0.0702 e. The Morgan fingerprint density at radius 3 is 2.59 bits per heavy atom. The van der Waals surface area contributed by atoms with E-state index in [2.05, 4.69) is 4.90 Å². The van der Waals surface area contributed by atoms with E-state index in [1.807, 2.05) is 25.1 Å². The number of rotatable bonds is 2. The predicted molar refractivity (Wildman–Crippen MR) is 69.4 cm³/mol. The molecule has 2 rings (SSSR count). The molecule has 1 fully saturated rings. The fourth-order valence-corrected chi connectivity index (χ4v) is 2.57. The molecular weight excluding hydrogens is 238 g/mol. The zero-order valence-corrected chi connectivity index (χ0v) is 10.7. The zero-order valence-electron chi connectivity index (χ0n) is 9.99. The van der Waals surface area contributed by atoms with Crippen LogP contribution in [0.5, 0.6) is 0 Å². The molecule has 1 aromatic rings. The lowest BCUT2D eigenvalue weighted by Crippen LogP contribution is -2.42. The minimum Gasteiger partial charge on any atom is -0.392 e. The monoisotopic (exact) mass is 255 g/mol. The predicted octanol–water partition coefficient (Wildman–Crippen LogP) is 2.18. The summed E-state index contributed by atoms with van der Waals surface area (Å²) in [6, 6.07) is 5.56. The summed E-state index contributed by atoms with van der Waals surface area (Å²) in [6.07, 6.45) is 1.45. The van der Waals surface area contributed by atoms with Crippen molar-refractivity contribution in [2.45, 2.75) is 32.0 Å². The third-order valence-electron chi connectivity index (χ3n) is 3.40. The highest BCUT2D eigenvalue weighted by molar-refractivity contribution is 6.33. The van der Waals surface area contributed by atoms with Crippen molar-refractivity contribution in [2.24, 2.45) is 0 Å². The van der Waals surface area contributed by atoms with Crippen molar-refractivity contribution in [3.63, 3.8) is 0 Å². The van der Waals surface area contributed by atoms with Crippen LogP contribution in [0.2, 0.25) is 5.02 Å². The Balaban J connectivity index is 2.23. The molecular formula is C13H18ClNO2. The first-order chi connectivity index (χ1) is 8.03. The summed E-state index contributed by atoms with van der Waals surface area (Å²) in [5.41, 5.74) is 1.18. The van der Waals surface area contributed by atoms with Gasteiger partial charge in [-0.2, -0.15) is 0 Å². The molecule has 0 spiro atoms. The molecule has 1 aliphatic rings. The van der Waals surface area contributed by atoms with E-state index >= 15 is 0 Å². The van der Waals surface area contributed by atoms with E-state index in [1.54, 1.807) is 0 Å². The number of nitrogens with zero attached hydrogens (tertiary/aromatic N) is 1. The molecule has 3 nitrogen and oxygen atoms in total. The summed E-state index contributed by atoms with van der Waals surface area (Å²) < 4.78 is 0. The molecule has 1 saturated heterocycles. The average molecular weight is 256 g/mol. The molecule has 1 aliphatic heterocycles. The second-order valence-corrected chi connectivity index (χ2v) is 5.30. The lowest BCUT2D eigenvalue weighted by atomic mass is 9.93. The van der Waals surface area contributed by atoms with E-state index in [4.69, 9.17) is 11.6 Å². The van der Waals surface area contributed by atoms with Gasteiger partial charge in [-0.25, -0.2) is 0 Å². The SMILES string of the molecule is CC1(O)CCN(c2c(Cl)cccc2CO)CC1. The minimum atomic E-state index is -0.572. The Kier molecular flexibility index (Phi) is 3.61. The molecule has 1 aromatic carbocycles. The third-order valence-corrected chi connectivity index (χ3v) is 3.70. The van der Waals surface area contributed by atoms with Crippen LogP contribution in [0.25, 0.3) is 0 Å². The standard InChI is InChI=1S/C13H18ClNO2/c1-13(17)5-7-15(8-6-13)12-10(9-16)3-2-4-11(12)14/h2-4,16-17H,5-9H2,1H3. The van der Waals surface area contributed by atoms with Gasteiger partial charge < -0.3 is 15.1 Å². The van der Waals surface area contributed by atoms with Crippen LogP contribution < -0.4 is 4.90 Å². The van der Waals surface area contributed by atoms with Gasteiger partial charge in [0.1, 0.15) is 0 Å². The summed E-state index contributed by atoms with van der Waals surface area (Å²) in [5.74, 6) is 0. The van der Waals surface area contributed by atoms with Crippen LogP contribution >= 0.6 is 11.6 Å². The highest BCUT2D eigenvalue weighted by Gasteiger charge is 2.28. The summed E-state index contributed by atoms with van der Waals surface area (Å²) in [5, 5.41) is 19.9. The first-order valence-corrected chi connectivity index (χ1v) is 6.27. The Hall–Kier alpha value is -0.770. The highest BCUT2D eigenvalue weighted by atomic mass is 35.5. The molecule has 0 unspecified atom stereocenters. The first kappa shape index (κ1) is 12.7. The number of halogens is 1. The van der Waals surface area contributed by atoms with Crippen LogP contribution in [0, 0.1) is 0 Å². The van der Waals surface area contributed by atoms with Crippen molar-refractivity contribution in [3.05, 3.63) is 28.8 Å². The van der Waals surface area contributed by atoms with E-state index in [-0.39, 0.29) is 6.61 Å². The number of anilines is 1. The fourth-order valence-electron chi connectivity index (χ4n) is 2.25. The molecule has 2 N–H and O–H groups in total. The average Bonchev–Trinajstić information content (AvgIpc) is 2.29. The van der Waals surface area contributed by atoms with E-state index < -0.39 is 5.60 Å². The lowest BCUT2D eigenvalue weighted by Gasteiger charge is -2.38. The van der Waals surface area contributed by atoms with Gasteiger partial charge in [0.05, 0.1) is 22.9 Å². The van der Waals surface area contributed by atoms with Crippen LogP contribution in [-0.2, 0) is 6.61 Å². The topological polar surface area (TPSA) is 43.7 Å². The lowest BCUT2D eigenvalue weighted by molar-refractivity contribution is 0.0351. The van der Waals surface area contributed by atoms with Gasteiger partial charge in [-0.3, -0.25) is 0 Å². The number of aliphatic hydroxyl groups is 2. The summed E-state index contributed by atoms with van der Waals surface area (Å²) in [7, 11) is 0. The van der Waals surface area contributed by atoms with Crippen LogP contribution in [0.1, 0.15) is 25.3 Å². The van der Waals surface area contributed by atoms with Crippen LogP contribution in [0.3, 0.4) is 0 Å².